The van der Waals surface area contributed by atoms with Gasteiger partial charge in [-0.1, -0.05) is 12.1 Å². The average Bonchev–Trinajstić information content (AvgIpc) is 2.39. The van der Waals surface area contributed by atoms with Crippen molar-refractivity contribution in [2.45, 2.75) is 11.8 Å². The Morgan fingerprint density at radius 1 is 1.15 bits per heavy atom. The zero-order valence-electron chi connectivity index (χ0n) is 11.0. The lowest BCUT2D eigenvalue weighted by molar-refractivity contribution is 0.587. The summed E-state index contributed by atoms with van der Waals surface area (Å²) in [6, 6.07) is 11.5. The molecule has 0 aliphatic rings. The fraction of sp³-hybridized carbons (Fsp3) is 0.143. The van der Waals surface area contributed by atoms with Gasteiger partial charge in [-0.3, -0.25) is 4.31 Å². The van der Waals surface area contributed by atoms with Gasteiger partial charge in [-0.15, -0.1) is 0 Å². The number of nitrogens with two attached hydrogens (primary N) is 1. The predicted octanol–water partition coefficient (Wildman–Crippen LogP) is 2.62. The van der Waals surface area contributed by atoms with E-state index in [0.29, 0.717) is 11.4 Å². The number of anilines is 2. The second-order valence-corrected chi connectivity index (χ2v) is 6.08. The molecule has 0 fully saturated rings. The standard InChI is InChI=1S/C14H15FN2O2S/c1-2-17(13-7-4-6-12(16)10-13)20(18,19)14-8-3-5-11(15)9-14/h3-10H,2,16H2,1H3. The molecule has 2 rings (SSSR count). The second-order valence-electron chi connectivity index (χ2n) is 4.22. The largest absolute Gasteiger partial charge is 0.399 e. The van der Waals surface area contributed by atoms with E-state index in [1.54, 1.807) is 31.2 Å². The van der Waals surface area contributed by atoms with Crippen LogP contribution in [0.15, 0.2) is 53.4 Å². The number of benzene rings is 2. The predicted molar refractivity (Wildman–Crippen MR) is 77.5 cm³/mol. The average molecular weight is 294 g/mol. The number of rotatable bonds is 4. The van der Waals surface area contributed by atoms with Gasteiger partial charge in [0, 0.05) is 12.2 Å². The highest BCUT2D eigenvalue weighted by molar-refractivity contribution is 7.92. The summed E-state index contributed by atoms with van der Waals surface area (Å²) < 4.78 is 39.5. The molecule has 0 aliphatic heterocycles. The topological polar surface area (TPSA) is 63.4 Å². The lowest BCUT2D eigenvalue weighted by Gasteiger charge is -2.23. The molecule has 20 heavy (non-hydrogen) atoms. The van der Waals surface area contributed by atoms with Crippen molar-refractivity contribution in [3.63, 3.8) is 0 Å². The Labute approximate surface area is 117 Å². The Balaban J connectivity index is 2.50. The number of hydrogen-bond acceptors (Lipinski definition) is 3. The fourth-order valence-corrected chi connectivity index (χ4v) is 3.42. The van der Waals surface area contributed by atoms with Gasteiger partial charge in [0.05, 0.1) is 10.6 Å². The second kappa shape index (κ2) is 5.50. The molecule has 0 atom stereocenters. The van der Waals surface area contributed by atoms with Crippen molar-refractivity contribution in [2.75, 3.05) is 16.6 Å². The molecule has 0 aliphatic carbocycles. The number of hydrogen-bond donors (Lipinski definition) is 1. The molecule has 0 amide bonds. The summed E-state index contributed by atoms with van der Waals surface area (Å²) in [7, 11) is -3.81. The maximum Gasteiger partial charge on any atom is 0.264 e. The molecule has 0 unspecified atom stereocenters. The van der Waals surface area contributed by atoms with Crippen molar-refractivity contribution >= 4 is 21.4 Å². The van der Waals surface area contributed by atoms with Crippen LogP contribution in [-0.4, -0.2) is 15.0 Å². The number of nitrogen functional groups attached to an aromatic ring is 1. The molecular weight excluding hydrogens is 279 g/mol. The highest BCUT2D eigenvalue weighted by Gasteiger charge is 2.23. The minimum absolute atomic E-state index is 0.0817. The molecule has 2 aromatic rings. The summed E-state index contributed by atoms with van der Waals surface area (Å²) in [4.78, 5) is -0.0817. The maximum absolute atomic E-state index is 13.2. The van der Waals surface area contributed by atoms with Crippen molar-refractivity contribution in [1.29, 1.82) is 0 Å². The van der Waals surface area contributed by atoms with E-state index in [1.807, 2.05) is 0 Å². The zero-order valence-corrected chi connectivity index (χ0v) is 11.8. The summed E-state index contributed by atoms with van der Waals surface area (Å²) in [5.74, 6) is -0.588. The Hall–Kier alpha value is -2.08. The SMILES string of the molecule is CCN(c1cccc(N)c1)S(=O)(=O)c1cccc(F)c1. The molecule has 0 aromatic heterocycles. The molecule has 0 heterocycles. The van der Waals surface area contributed by atoms with E-state index in [4.69, 9.17) is 5.73 Å². The van der Waals surface area contributed by atoms with Crippen LogP contribution in [-0.2, 0) is 10.0 Å². The number of halogens is 1. The molecule has 4 nitrogen and oxygen atoms in total. The molecular formula is C14H15FN2O2S. The van der Waals surface area contributed by atoms with Crippen molar-refractivity contribution in [3.05, 3.63) is 54.3 Å². The molecule has 6 heteroatoms. The van der Waals surface area contributed by atoms with Gasteiger partial charge in [0.1, 0.15) is 5.82 Å². The lowest BCUT2D eigenvalue weighted by atomic mass is 10.3. The first-order valence-corrected chi connectivity index (χ1v) is 7.53. The highest BCUT2D eigenvalue weighted by Crippen LogP contribution is 2.25. The van der Waals surface area contributed by atoms with Crippen LogP contribution in [0.4, 0.5) is 15.8 Å². The van der Waals surface area contributed by atoms with Gasteiger partial charge in [0.2, 0.25) is 0 Å². The van der Waals surface area contributed by atoms with Crippen molar-refractivity contribution in [3.8, 4) is 0 Å². The monoisotopic (exact) mass is 294 g/mol. The highest BCUT2D eigenvalue weighted by atomic mass is 32.2. The third-order valence-corrected chi connectivity index (χ3v) is 4.73. The summed E-state index contributed by atoms with van der Waals surface area (Å²) in [6.07, 6.45) is 0. The molecule has 2 aromatic carbocycles. The fourth-order valence-electron chi connectivity index (χ4n) is 1.93. The van der Waals surface area contributed by atoms with Gasteiger partial charge in [0.25, 0.3) is 10.0 Å². The Kier molecular flexibility index (Phi) is 3.94. The molecule has 106 valence electrons. The summed E-state index contributed by atoms with van der Waals surface area (Å²) >= 11 is 0. The maximum atomic E-state index is 13.2. The summed E-state index contributed by atoms with van der Waals surface area (Å²) in [5, 5.41) is 0. The van der Waals surface area contributed by atoms with E-state index in [-0.39, 0.29) is 11.4 Å². The van der Waals surface area contributed by atoms with Crippen LogP contribution >= 0.6 is 0 Å². The lowest BCUT2D eigenvalue weighted by Crippen LogP contribution is -2.30. The Bertz CT molecular complexity index is 717. The number of nitrogens with zero attached hydrogens (tertiary/aromatic N) is 1. The van der Waals surface area contributed by atoms with Gasteiger partial charge in [-0.05, 0) is 43.3 Å². The first-order valence-electron chi connectivity index (χ1n) is 6.09. The molecule has 2 N–H and O–H groups in total. The molecule has 0 radical (unpaired) electrons. The smallest absolute Gasteiger partial charge is 0.264 e. The Morgan fingerprint density at radius 2 is 1.85 bits per heavy atom. The third kappa shape index (κ3) is 2.75. The van der Waals surface area contributed by atoms with Crippen LogP contribution in [0.1, 0.15) is 6.92 Å². The zero-order chi connectivity index (χ0) is 14.8. The van der Waals surface area contributed by atoms with Gasteiger partial charge >= 0.3 is 0 Å². The van der Waals surface area contributed by atoms with Gasteiger partial charge < -0.3 is 5.73 Å². The third-order valence-electron chi connectivity index (χ3n) is 2.83. The molecule has 0 saturated carbocycles. The van der Waals surface area contributed by atoms with Gasteiger partial charge in [-0.25, -0.2) is 12.8 Å². The Morgan fingerprint density at radius 3 is 2.45 bits per heavy atom. The van der Waals surface area contributed by atoms with Crippen LogP contribution in [0.3, 0.4) is 0 Å². The first kappa shape index (κ1) is 14.3. The molecule has 0 spiro atoms. The summed E-state index contributed by atoms with van der Waals surface area (Å²) in [6.45, 7) is 1.93. The van der Waals surface area contributed by atoms with Gasteiger partial charge in [0.15, 0.2) is 0 Å². The normalized spacial score (nSPS) is 11.3. The number of sulfonamides is 1. The quantitative estimate of drug-likeness (QED) is 0.882. The first-order chi connectivity index (χ1) is 9.45. The minimum atomic E-state index is -3.81. The molecule has 0 bridgehead atoms. The minimum Gasteiger partial charge on any atom is -0.399 e. The van der Waals surface area contributed by atoms with Crippen molar-refractivity contribution in [2.24, 2.45) is 0 Å². The van der Waals surface area contributed by atoms with Crippen LogP contribution in [0, 0.1) is 5.82 Å². The van der Waals surface area contributed by atoms with E-state index in [2.05, 4.69) is 0 Å². The van der Waals surface area contributed by atoms with Gasteiger partial charge in [-0.2, -0.15) is 0 Å². The van der Waals surface area contributed by atoms with Crippen LogP contribution in [0.2, 0.25) is 0 Å². The summed E-state index contributed by atoms with van der Waals surface area (Å²) in [5.41, 5.74) is 6.60. The van der Waals surface area contributed by atoms with Crippen LogP contribution in [0.25, 0.3) is 0 Å². The van der Waals surface area contributed by atoms with E-state index in [0.717, 1.165) is 6.07 Å². The van der Waals surface area contributed by atoms with Crippen LogP contribution < -0.4 is 10.0 Å². The van der Waals surface area contributed by atoms with E-state index < -0.39 is 15.8 Å². The van der Waals surface area contributed by atoms with Crippen LogP contribution in [0.5, 0.6) is 0 Å². The van der Waals surface area contributed by atoms with E-state index in [9.17, 15) is 12.8 Å². The van der Waals surface area contributed by atoms with E-state index >= 15 is 0 Å². The van der Waals surface area contributed by atoms with Crippen molar-refractivity contribution in [1.82, 2.24) is 0 Å². The van der Waals surface area contributed by atoms with Crippen molar-refractivity contribution < 1.29 is 12.8 Å². The molecule has 0 saturated heterocycles. The van der Waals surface area contributed by atoms with E-state index in [1.165, 1.54) is 22.5 Å².